The molecule has 1 saturated carbocycles. The molecular weight excluding hydrogens is 250 g/mol. The van der Waals surface area contributed by atoms with Crippen molar-refractivity contribution < 1.29 is 0 Å². The van der Waals surface area contributed by atoms with Crippen LogP contribution in [0.4, 0.5) is 0 Å². The summed E-state index contributed by atoms with van der Waals surface area (Å²) in [6.07, 6.45) is 5.29. The molecule has 2 heteroatoms. The number of hydrogen-bond donors (Lipinski definition) is 1. The predicted molar refractivity (Wildman–Crippen MR) is 68.2 cm³/mol. The van der Waals surface area contributed by atoms with E-state index in [4.69, 9.17) is 0 Å². The summed E-state index contributed by atoms with van der Waals surface area (Å²) in [5, 5.41) is 3.38. The average molecular weight is 268 g/mol. The standard InChI is InChI=1S/C13H18BrN/c1-15-13-8-4-11(5-9-13)10-2-6-12(14)7-3-10/h2-3,6-7,11,13,15H,4-5,8-9H2,1H3. The Morgan fingerprint density at radius 2 is 1.67 bits per heavy atom. The minimum Gasteiger partial charge on any atom is -0.317 e. The molecule has 1 fully saturated rings. The van der Waals surface area contributed by atoms with Gasteiger partial charge in [-0.3, -0.25) is 0 Å². The molecule has 0 amide bonds. The van der Waals surface area contributed by atoms with Crippen LogP contribution >= 0.6 is 15.9 Å². The monoisotopic (exact) mass is 267 g/mol. The molecule has 82 valence electrons. The van der Waals surface area contributed by atoms with E-state index in [9.17, 15) is 0 Å². The maximum atomic E-state index is 3.48. The topological polar surface area (TPSA) is 12.0 Å². The first-order valence-corrected chi connectivity index (χ1v) is 6.51. The van der Waals surface area contributed by atoms with E-state index in [1.54, 1.807) is 0 Å². The number of rotatable bonds is 2. The molecule has 1 nitrogen and oxygen atoms in total. The molecule has 0 heterocycles. The minimum atomic E-state index is 0.747. The zero-order valence-electron chi connectivity index (χ0n) is 9.17. The van der Waals surface area contributed by atoms with Crippen molar-refractivity contribution in [2.24, 2.45) is 0 Å². The van der Waals surface area contributed by atoms with Gasteiger partial charge < -0.3 is 5.32 Å². The van der Waals surface area contributed by atoms with Crippen LogP contribution in [-0.4, -0.2) is 13.1 Å². The van der Waals surface area contributed by atoms with Crippen LogP contribution in [0.25, 0.3) is 0 Å². The van der Waals surface area contributed by atoms with Gasteiger partial charge in [0.15, 0.2) is 0 Å². The molecule has 0 unspecified atom stereocenters. The summed E-state index contributed by atoms with van der Waals surface area (Å²) in [5.74, 6) is 0.780. The van der Waals surface area contributed by atoms with Crippen LogP contribution in [0.15, 0.2) is 28.7 Å². The molecule has 0 aromatic heterocycles. The molecule has 2 rings (SSSR count). The van der Waals surface area contributed by atoms with Crippen molar-refractivity contribution in [3.63, 3.8) is 0 Å². The number of halogens is 1. The summed E-state index contributed by atoms with van der Waals surface area (Å²) in [4.78, 5) is 0. The first kappa shape index (κ1) is 11.2. The Balaban J connectivity index is 1.98. The Kier molecular flexibility index (Phi) is 3.81. The van der Waals surface area contributed by atoms with Crippen molar-refractivity contribution in [3.8, 4) is 0 Å². The Labute approximate surface area is 100 Å². The smallest absolute Gasteiger partial charge is 0.0175 e. The molecule has 0 spiro atoms. The minimum absolute atomic E-state index is 0.747. The molecule has 1 aromatic carbocycles. The largest absolute Gasteiger partial charge is 0.317 e. The summed E-state index contributed by atoms with van der Waals surface area (Å²) < 4.78 is 1.18. The lowest BCUT2D eigenvalue weighted by Crippen LogP contribution is -2.29. The SMILES string of the molecule is CNC1CCC(c2ccc(Br)cc2)CC1. The lowest BCUT2D eigenvalue weighted by atomic mass is 9.82. The third-order valence-electron chi connectivity index (χ3n) is 3.48. The second-order valence-electron chi connectivity index (χ2n) is 4.39. The van der Waals surface area contributed by atoms with Gasteiger partial charge in [-0.05, 0) is 56.3 Å². The van der Waals surface area contributed by atoms with E-state index in [0.29, 0.717) is 0 Å². The van der Waals surface area contributed by atoms with Gasteiger partial charge in [-0.1, -0.05) is 28.1 Å². The quantitative estimate of drug-likeness (QED) is 0.862. The highest BCUT2D eigenvalue weighted by Crippen LogP contribution is 2.33. The highest BCUT2D eigenvalue weighted by atomic mass is 79.9. The molecule has 15 heavy (non-hydrogen) atoms. The van der Waals surface area contributed by atoms with E-state index in [2.05, 4.69) is 52.6 Å². The number of benzene rings is 1. The van der Waals surface area contributed by atoms with Crippen molar-refractivity contribution in [2.45, 2.75) is 37.6 Å². The summed E-state index contributed by atoms with van der Waals surface area (Å²) in [7, 11) is 2.07. The molecule has 0 saturated heterocycles. The highest BCUT2D eigenvalue weighted by molar-refractivity contribution is 9.10. The van der Waals surface area contributed by atoms with E-state index in [1.165, 1.54) is 35.7 Å². The Morgan fingerprint density at radius 1 is 1.07 bits per heavy atom. The zero-order valence-corrected chi connectivity index (χ0v) is 10.8. The molecule has 1 N–H and O–H groups in total. The van der Waals surface area contributed by atoms with Crippen LogP contribution in [0, 0.1) is 0 Å². The van der Waals surface area contributed by atoms with Crippen molar-refractivity contribution in [2.75, 3.05) is 7.05 Å². The van der Waals surface area contributed by atoms with Crippen LogP contribution in [0.2, 0.25) is 0 Å². The fraction of sp³-hybridized carbons (Fsp3) is 0.538. The van der Waals surface area contributed by atoms with E-state index in [0.717, 1.165) is 12.0 Å². The van der Waals surface area contributed by atoms with E-state index in [1.807, 2.05) is 0 Å². The van der Waals surface area contributed by atoms with Crippen LogP contribution in [-0.2, 0) is 0 Å². The Hall–Kier alpha value is -0.340. The van der Waals surface area contributed by atoms with Crippen LogP contribution in [0.1, 0.15) is 37.2 Å². The molecular formula is C13H18BrN. The highest BCUT2D eigenvalue weighted by Gasteiger charge is 2.20. The Bertz CT molecular complexity index is 299. The van der Waals surface area contributed by atoms with Crippen LogP contribution in [0.3, 0.4) is 0 Å². The molecule has 0 atom stereocenters. The van der Waals surface area contributed by atoms with Gasteiger partial charge >= 0.3 is 0 Å². The number of hydrogen-bond acceptors (Lipinski definition) is 1. The van der Waals surface area contributed by atoms with E-state index >= 15 is 0 Å². The third kappa shape index (κ3) is 2.82. The molecule has 0 bridgehead atoms. The van der Waals surface area contributed by atoms with Gasteiger partial charge in [-0.2, -0.15) is 0 Å². The van der Waals surface area contributed by atoms with Gasteiger partial charge in [-0.15, -0.1) is 0 Å². The number of nitrogens with one attached hydrogen (secondary N) is 1. The van der Waals surface area contributed by atoms with Gasteiger partial charge in [0.2, 0.25) is 0 Å². The van der Waals surface area contributed by atoms with Crippen LogP contribution in [0.5, 0.6) is 0 Å². The molecule has 1 aliphatic rings. The summed E-state index contributed by atoms with van der Waals surface area (Å²) in [5.41, 5.74) is 1.51. The fourth-order valence-electron chi connectivity index (χ4n) is 2.45. The summed E-state index contributed by atoms with van der Waals surface area (Å²) >= 11 is 3.48. The third-order valence-corrected chi connectivity index (χ3v) is 4.01. The van der Waals surface area contributed by atoms with E-state index < -0.39 is 0 Å². The van der Waals surface area contributed by atoms with Gasteiger partial charge in [0, 0.05) is 10.5 Å². The van der Waals surface area contributed by atoms with Crippen molar-refractivity contribution in [1.82, 2.24) is 5.32 Å². The maximum Gasteiger partial charge on any atom is 0.0175 e. The molecule has 0 aliphatic heterocycles. The fourth-order valence-corrected chi connectivity index (χ4v) is 2.71. The first-order chi connectivity index (χ1) is 7.29. The summed E-state index contributed by atoms with van der Waals surface area (Å²) in [6.45, 7) is 0. The van der Waals surface area contributed by atoms with Gasteiger partial charge in [-0.25, -0.2) is 0 Å². The lowest BCUT2D eigenvalue weighted by Gasteiger charge is -2.28. The van der Waals surface area contributed by atoms with Gasteiger partial charge in [0.25, 0.3) is 0 Å². The van der Waals surface area contributed by atoms with Crippen molar-refractivity contribution in [1.29, 1.82) is 0 Å². The summed E-state index contributed by atoms with van der Waals surface area (Å²) in [6, 6.07) is 9.57. The van der Waals surface area contributed by atoms with Crippen LogP contribution < -0.4 is 5.32 Å². The zero-order chi connectivity index (χ0) is 10.7. The molecule has 1 aromatic rings. The Morgan fingerprint density at radius 3 is 2.20 bits per heavy atom. The maximum absolute atomic E-state index is 3.48. The lowest BCUT2D eigenvalue weighted by molar-refractivity contribution is 0.359. The normalized spacial score (nSPS) is 26.5. The van der Waals surface area contributed by atoms with Gasteiger partial charge in [0.05, 0.1) is 0 Å². The first-order valence-electron chi connectivity index (χ1n) is 5.72. The van der Waals surface area contributed by atoms with Gasteiger partial charge in [0.1, 0.15) is 0 Å². The van der Waals surface area contributed by atoms with E-state index in [-0.39, 0.29) is 0 Å². The predicted octanol–water partition coefficient (Wildman–Crippen LogP) is 3.69. The van der Waals surface area contributed by atoms with Crippen molar-refractivity contribution >= 4 is 15.9 Å². The molecule has 0 radical (unpaired) electrons. The second kappa shape index (κ2) is 5.13. The average Bonchev–Trinajstić information content (AvgIpc) is 2.30. The molecule has 1 aliphatic carbocycles. The second-order valence-corrected chi connectivity index (χ2v) is 5.30. The van der Waals surface area contributed by atoms with Crippen molar-refractivity contribution in [3.05, 3.63) is 34.3 Å².